The predicted molar refractivity (Wildman–Crippen MR) is 91.9 cm³/mol. The molecule has 0 aliphatic rings. The highest BCUT2D eigenvalue weighted by Gasteiger charge is 2.29. The van der Waals surface area contributed by atoms with E-state index in [1.807, 2.05) is 0 Å². The van der Waals surface area contributed by atoms with E-state index in [-0.39, 0.29) is 4.90 Å². The lowest BCUT2D eigenvalue weighted by Gasteiger charge is -2.11. The van der Waals surface area contributed by atoms with Crippen LogP contribution in [0.1, 0.15) is 16.7 Å². The van der Waals surface area contributed by atoms with Crippen LogP contribution in [-0.4, -0.2) is 18.3 Å². The Labute approximate surface area is 150 Å². The minimum Gasteiger partial charge on any atom is -0.340 e. The topological polar surface area (TPSA) is 55.1 Å². The van der Waals surface area contributed by atoms with Crippen molar-refractivity contribution in [2.45, 2.75) is 17.5 Å². The van der Waals surface area contributed by atoms with Gasteiger partial charge in [-0.3, -0.25) is 0 Å². The lowest BCUT2D eigenvalue weighted by atomic mass is 9.97. The van der Waals surface area contributed by atoms with Crippen LogP contribution in [0.3, 0.4) is 0 Å². The monoisotopic (exact) mass is 380 g/mol. The summed E-state index contributed by atoms with van der Waals surface area (Å²) in [5.41, 5.74) is 2.11. The normalized spacial score (nSPS) is 13.0. The largest absolute Gasteiger partial charge is 0.416 e. The third-order valence-corrected chi connectivity index (χ3v) is 4.60. The van der Waals surface area contributed by atoms with E-state index in [0.717, 1.165) is 17.7 Å². The fourth-order valence-corrected chi connectivity index (χ4v) is 3.04. The van der Waals surface area contributed by atoms with Crippen molar-refractivity contribution in [2.75, 3.05) is 0 Å². The molecule has 1 unspecified atom stereocenters. The molecule has 0 radical (unpaired) electrons. The van der Waals surface area contributed by atoms with Gasteiger partial charge in [0.05, 0.1) is 22.5 Å². The molecule has 0 amide bonds. The minimum atomic E-state index is -4.37. The average molecular weight is 380 g/mol. The Morgan fingerprint density at radius 3 is 2.38 bits per heavy atom. The smallest absolute Gasteiger partial charge is 0.340 e. The third-order valence-electron chi connectivity index (χ3n) is 3.94. The first-order valence-corrected chi connectivity index (χ1v) is 8.73. The summed E-state index contributed by atoms with van der Waals surface area (Å²) in [7, 11) is 1.81. The van der Waals surface area contributed by atoms with E-state index in [2.05, 4.69) is 4.98 Å². The maximum Gasteiger partial charge on any atom is 0.416 e. The zero-order chi connectivity index (χ0) is 18.9. The highest BCUT2D eigenvalue weighted by molar-refractivity contribution is 7.79. The number of hydrogen-bond acceptors (Lipinski definition) is 2. The molecule has 0 spiro atoms. The fourth-order valence-electron chi connectivity index (χ4n) is 2.64. The van der Waals surface area contributed by atoms with Gasteiger partial charge in [0.25, 0.3) is 0 Å². The highest BCUT2D eigenvalue weighted by Crippen LogP contribution is 2.30. The van der Waals surface area contributed by atoms with Crippen LogP contribution in [0.4, 0.5) is 13.2 Å². The first kappa shape index (κ1) is 18.3. The second-order valence-electron chi connectivity index (χ2n) is 5.86. The van der Waals surface area contributed by atoms with Gasteiger partial charge in [0.1, 0.15) is 0 Å². The number of nitrogens with zero attached hydrogens (tertiary/aromatic N) is 2. The first-order valence-electron chi connectivity index (χ1n) is 7.62. The second kappa shape index (κ2) is 7.05. The van der Waals surface area contributed by atoms with Gasteiger partial charge in [-0.1, -0.05) is 18.2 Å². The van der Waals surface area contributed by atoms with E-state index >= 15 is 0 Å². The molecule has 8 heteroatoms. The average Bonchev–Trinajstić information content (AvgIpc) is 3.01. The fraction of sp³-hybridized carbons (Fsp3) is 0.167. The second-order valence-corrected chi connectivity index (χ2v) is 6.83. The number of rotatable bonds is 4. The molecule has 1 N–H and O–H groups in total. The van der Waals surface area contributed by atoms with E-state index in [4.69, 9.17) is 0 Å². The van der Waals surface area contributed by atoms with E-state index < -0.39 is 22.8 Å². The molecule has 0 saturated heterocycles. The molecule has 0 saturated carbocycles. The predicted octanol–water partition coefficient (Wildman–Crippen LogP) is 4.28. The molecule has 2 aromatic carbocycles. The van der Waals surface area contributed by atoms with Crippen LogP contribution in [0.5, 0.6) is 0 Å². The summed E-state index contributed by atoms with van der Waals surface area (Å²) in [6, 6.07) is 9.77. The quantitative estimate of drug-likeness (QED) is 0.688. The Bertz CT molecular complexity index is 950. The van der Waals surface area contributed by atoms with Crippen LogP contribution >= 0.6 is 0 Å². The summed E-state index contributed by atoms with van der Waals surface area (Å²) in [6.07, 6.45) is -0.609. The van der Waals surface area contributed by atoms with Crippen molar-refractivity contribution in [3.05, 3.63) is 71.7 Å². The Morgan fingerprint density at radius 1 is 1.15 bits per heavy atom. The Kier molecular flexibility index (Phi) is 4.97. The summed E-state index contributed by atoms with van der Waals surface area (Å²) < 4.78 is 60.5. The summed E-state index contributed by atoms with van der Waals surface area (Å²) in [5.74, 6) is 0. The molecule has 4 nitrogen and oxygen atoms in total. The van der Waals surface area contributed by atoms with Crippen LogP contribution in [0.15, 0.2) is 59.9 Å². The zero-order valence-electron chi connectivity index (χ0n) is 13.7. The zero-order valence-corrected chi connectivity index (χ0v) is 14.5. The van der Waals surface area contributed by atoms with Crippen molar-refractivity contribution in [2.24, 2.45) is 7.05 Å². The lowest BCUT2D eigenvalue weighted by Crippen LogP contribution is -2.04. The van der Waals surface area contributed by atoms with Gasteiger partial charge in [-0.15, -0.1) is 0 Å². The molecule has 1 aromatic heterocycles. The number of alkyl halides is 3. The summed E-state index contributed by atoms with van der Waals surface area (Å²) >= 11 is -2.13. The van der Waals surface area contributed by atoms with Gasteiger partial charge in [0.15, 0.2) is 11.1 Å². The van der Waals surface area contributed by atoms with Gasteiger partial charge in [0.2, 0.25) is 0 Å². The molecule has 26 heavy (non-hydrogen) atoms. The van der Waals surface area contributed by atoms with Crippen molar-refractivity contribution in [1.29, 1.82) is 0 Å². The summed E-state index contributed by atoms with van der Waals surface area (Å²) in [4.78, 5) is 4.51. The van der Waals surface area contributed by atoms with Gasteiger partial charge in [0, 0.05) is 18.8 Å². The minimum absolute atomic E-state index is 0.238. The highest BCUT2D eigenvalue weighted by atomic mass is 32.2. The van der Waals surface area contributed by atoms with Gasteiger partial charge < -0.3 is 9.12 Å². The molecule has 1 atom stereocenters. The summed E-state index contributed by atoms with van der Waals surface area (Å²) in [5, 5.41) is 0. The Hall–Kier alpha value is -2.45. The van der Waals surface area contributed by atoms with Crippen LogP contribution in [0, 0.1) is 0 Å². The Balaban J connectivity index is 1.98. The van der Waals surface area contributed by atoms with Crippen molar-refractivity contribution in [1.82, 2.24) is 9.55 Å². The maximum atomic E-state index is 12.7. The molecule has 136 valence electrons. The number of hydrogen-bond donors (Lipinski definition) is 1. The number of imidazole rings is 1. The van der Waals surface area contributed by atoms with Crippen molar-refractivity contribution < 1.29 is 21.9 Å². The van der Waals surface area contributed by atoms with Crippen LogP contribution in [0.2, 0.25) is 0 Å². The molecule has 3 rings (SSSR count). The van der Waals surface area contributed by atoms with E-state index in [1.54, 1.807) is 36.3 Å². The van der Waals surface area contributed by atoms with Crippen molar-refractivity contribution in [3.8, 4) is 11.3 Å². The van der Waals surface area contributed by atoms with Crippen LogP contribution in [0.25, 0.3) is 11.3 Å². The number of halogens is 3. The molecule has 0 aliphatic carbocycles. The van der Waals surface area contributed by atoms with Crippen molar-refractivity contribution >= 4 is 11.1 Å². The number of aryl methyl sites for hydroxylation is 1. The molecular formula is C18H15F3N2O2S. The van der Waals surface area contributed by atoms with Crippen LogP contribution < -0.4 is 0 Å². The van der Waals surface area contributed by atoms with Gasteiger partial charge in [-0.2, -0.15) is 13.2 Å². The number of aromatic nitrogens is 2. The van der Waals surface area contributed by atoms with E-state index in [1.165, 1.54) is 18.2 Å². The first-order chi connectivity index (χ1) is 12.2. The van der Waals surface area contributed by atoms with E-state index in [9.17, 15) is 21.9 Å². The SMILES string of the molecule is Cn1cnc(-c2cc(S(=O)O)ccc2Cc2ccc(C(F)(F)F)cc2)c1. The molecule has 0 fully saturated rings. The van der Waals surface area contributed by atoms with Gasteiger partial charge in [-0.25, -0.2) is 9.19 Å². The molecule has 0 bridgehead atoms. The third kappa shape index (κ3) is 4.03. The van der Waals surface area contributed by atoms with E-state index in [0.29, 0.717) is 23.2 Å². The van der Waals surface area contributed by atoms with Gasteiger partial charge >= 0.3 is 6.18 Å². The maximum absolute atomic E-state index is 12.7. The molecular weight excluding hydrogens is 365 g/mol. The molecule has 3 aromatic rings. The van der Waals surface area contributed by atoms with Gasteiger partial charge in [-0.05, 0) is 41.8 Å². The van der Waals surface area contributed by atoms with Crippen molar-refractivity contribution in [3.63, 3.8) is 0 Å². The molecule has 0 aliphatic heterocycles. The van der Waals surface area contributed by atoms with Crippen LogP contribution in [-0.2, 0) is 30.7 Å². The Morgan fingerprint density at radius 2 is 1.85 bits per heavy atom. The molecule has 1 heterocycles. The lowest BCUT2D eigenvalue weighted by molar-refractivity contribution is -0.137. The number of benzene rings is 2. The summed E-state index contributed by atoms with van der Waals surface area (Å²) in [6.45, 7) is 0. The standard InChI is InChI=1S/C18H15F3N2O2S/c1-23-10-17(22-11-23)16-9-15(26(24)25)7-4-13(16)8-12-2-5-14(6-3-12)18(19,20)21/h2-7,9-11H,8H2,1H3,(H,24,25).